The highest BCUT2D eigenvalue weighted by Crippen LogP contribution is 2.22. The maximum absolute atomic E-state index is 5.97. The summed E-state index contributed by atoms with van der Waals surface area (Å²) in [6.07, 6.45) is 0. The van der Waals surface area contributed by atoms with Crippen molar-refractivity contribution in [2.75, 3.05) is 13.1 Å². The van der Waals surface area contributed by atoms with Crippen molar-refractivity contribution in [1.82, 2.24) is 0 Å². The van der Waals surface area contributed by atoms with E-state index in [1.54, 1.807) is 0 Å². The minimum Gasteiger partial charge on any atom is -0.330 e. The summed E-state index contributed by atoms with van der Waals surface area (Å²) < 4.78 is 0. The van der Waals surface area contributed by atoms with Crippen molar-refractivity contribution in [2.24, 2.45) is 11.5 Å². The lowest BCUT2D eigenvalue weighted by Gasteiger charge is -2.13. The Morgan fingerprint density at radius 1 is 1.17 bits per heavy atom. The predicted molar refractivity (Wildman–Crippen MR) is 52.3 cm³/mol. The Hall–Kier alpha value is -0.570. The van der Waals surface area contributed by atoms with Gasteiger partial charge in [-0.3, -0.25) is 0 Å². The number of halogens is 1. The summed E-state index contributed by atoms with van der Waals surface area (Å²) in [7, 11) is 0. The fraction of sp³-hybridized carbons (Fsp3) is 0.333. The monoisotopic (exact) mass is 184 g/mol. The summed E-state index contributed by atoms with van der Waals surface area (Å²) in [5.41, 5.74) is 12.1. The van der Waals surface area contributed by atoms with Crippen LogP contribution in [0.3, 0.4) is 0 Å². The van der Waals surface area contributed by atoms with Gasteiger partial charge in [0.15, 0.2) is 0 Å². The number of hydrogen-bond acceptors (Lipinski definition) is 2. The van der Waals surface area contributed by atoms with Gasteiger partial charge in [-0.2, -0.15) is 0 Å². The number of hydrogen-bond donors (Lipinski definition) is 2. The molecule has 0 aliphatic rings. The standard InChI is InChI=1S/C9H13ClN2/c10-9-4-2-1-3-8(9)7(5-11)6-12/h1-4,7H,5-6,11-12H2. The summed E-state index contributed by atoms with van der Waals surface area (Å²) >= 11 is 5.97. The van der Waals surface area contributed by atoms with E-state index in [4.69, 9.17) is 23.1 Å². The summed E-state index contributed by atoms with van der Waals surface area (Å²) in [5, 5.41) is 0.749. The first-order valence-electron chi connectivity index (χ1n) is 3.94. The normalized spacial score (nSPS) is 10.7. The fourth-order valence-electron chi connectivity index (χ4n) is 1.16. The second-order valence-electron chi connectivity index (χ2n) is 2.69. The highest BCUT2D eigenvalue weighted by Gasteiger charge is 2.09. The molecule has 1 aromatic carbocycles. The minimum absolute atomic E-state index is 0.179. The van der Waals surface area contributed by atoms with E-state index in [1.165, 1.54) is 0 Å². The summed E-state index contributed by atoms with van der Waals surface area (Å²) in [6, 6.07) is 7.66. The van der Waals surface area contributed by atoms with E-state index >= 15 is 0 Å². The molecule has 0 atom stereocenters. The van der Waals surface area contributed by atoms with Crippen LogP contribution in [-0.4, -0.2) is 13.1 Å². The van der Waals surface area contributed by atoms with E-state index in [0.29, 0.717) is 13.1 Å². The van der Waals surface area contributed by atoms with Crippen LogP contribution in [0.5, 0.6) is 0 Å². The smallest absolute Gasteiger partial charge is 0.0441 e. The maximum Gasteiger partial charge on any atom is 0.0441 e. The zero-order valence-electron chi connectivity index (χ0n) is 6.83. The fourth-order valence-corrected chi connectivity index (χ4v) is 1.45. The first-order valence-corrected chi connectivity index (χ1v) is 4.32. The van der Waals surface area contributed by atoms with Crippen molar-refractivity contribution in [3.8, 4) is 0 Å². The molecule has 0 spiro atoms. The molecule has 0 radical (unpaired) electrons. The van der Waals surface area contributed by atoms with Gasteiger partial charge in [-0.15, -0.1) is 0 Å². The lowest BCUT2D eigenvalue weighted by molar-refractivity contribution is 0.709. The molecule has 1 rings (SSSR count). The molecule has 0 aliphatic carbocycles. The Labute approximate surface area is 77.5 Å². The number of rotatable bonds is 3. The highest BCUT2D eigenvalue weighted by atomic mass is 35.5. The molecule has 1 aromatic rings. The van der Waals surface area contributed by atoms with Gasteiger partial charge < -0.3 is 11.5 Å². The Kier molecular flexibility index (Phi) is 3.53. The molecule has 0 amide bonds. The second kappa shape index (κ2) is 4.45. The molecule has 0 saturated heterocycles. The molecule has 0 aromatic heterocycles. The third kappa shape index (κ3) is 1.97. The van der Waals surface area contributed by atoms with Crippen molar-refractivity contribution >= 4 is 11.6 Å². The molecular formula is C9H13ClN2. The maximum atomic E-state index is 5.97. The molecule has 0 aliphatic heterocycles. The molecule has 12 heavy (non-hydrogen) atoms. The molecule has 4 N–H and O–H groups in total. The first kappa shape index (κ1) is 9.52. The van der Waals surface area contributed by atoms with Crippen LogP contribution in [0.25, 0.3) is 0 Å². The van der Waals surface area contributed by atoms with Crippen LogP contribution in [0.4, 0.5) is 0 Å². The summed E-state index contributed by atoms with van der Waals surface area (Å²) in [6.45, 7) is 1.08. The van der Waals surface area contributed by atoms with Crippen molar-refractivity contribution in [3.63, 3.8) is 0 Å². The molecule has 0 saturated carbocycles. The Balaban J connectivity index is 2.92. The van der Waals surface area contributed by atoms with E-state index in [9.17, 15) is 0 Å². The molecular weight excluding hydrogens is 172 g/mol. The Morgan fingerprint density at radius 3 is 2.25 bits per heavy atom. The SMILES string of the molecule is NCC(CN)c1ccccc1Cl. The van der Waals surface area contributed by atoms with Crippen LogP contribution in [0.15, 0.2) is 24.3 Å². The second-order valence-corrected chi connectivity index (χ2v) is 3.10. The molecule has 0 heterocycles. The summed E-state index contributed by atoms with van der Waals surface area (Å²) in [5.74, 6) is 0.179. The Morgan fingerprint density at radius 2 is 1.75 bits per heavy atom. The third-order valence-electron chi connectivity index (χ3n) is 1.91. The van der Waals surface area contributed by atoms with Gasteiger partial charge in [-0.1, -0.05) is 29.8 Å². The van der Waals surface area contributed by atoms with Crippen LogP contribution in [-0.2, 0) is 0 Å². The first-order chi connectivity index (χ1) is 5.79. The highest BCUT2D eigenvalue weighted by molar-refractivity contribution is 6.31. The van der Waals surface area contributed by atoms with E-state index < -0.39 is 0 Å². The van der Waals surface area contributed by atoms with Crippen LogP contribution in [0.2, 0.25) is 5.02 Å². The summed E-state index contributed by atoms with van der Waals surface area (Å²) in [4.78, 5) is 0. The quantitative estimate of drug-likeness (QED) is 0.745. The lowest BCUT2D eigenvalue weighted by Crippen LogP contribution is -2.21. The van der Waals surface area contributed by atoms with E-state index in [0.717, 1.165) is 10.6 Å². The van der Waals surface area contributed by atoms with E-state index in [2.05, 4.69) is 0 Å². The molecule has 3 heteroatoms. The third-order valence-corrected chi connectivity index (χ3v) is 2.26. The number of nitrogens with two attached hydrogens (primary N) is 2. The molecule has 0 fully saturated rings. The van der Waals surface area contributed by atoms with E-state index in [-0.39, 0.29) is 5.92 Å². The van der Waals surface area contributed by atoms with E-state index in [1.807, 2.05) is 24.3 Å². The largest absolute Gasteiger partial charge is 0.330 e. The van der Waals surface area contributed by atoms with Crippen LogP contribution in [0.1, 0.15) is 11.5 Å². The molecule has 0 unspecified atom stereocenters. The predicted octanol–water partition coefficient (Wildman–Crippen LogP) is 1.34. The molecule has 0 bridgehead atoms. The van der Waals surface area contributed by atoms with Gasteiger partial charge in [0.2, 0.25) is 0 Å². The molecule has 2 nitrogen and oxygen atoms in total. The van der Waals surface area contributed by atoms with Gasteiger partial charge in [0.05, 0.1) is 0 Å². The van der Waals surface area contributed by atoms with Crippen LogP contribution < -0.4 is 11.5 Å². The van der Waals surface area contributed by atoms with Crippen molar-refractivity contribution in [1.29, 1.82) is 0 Å². The zero-order chi connectivity index (χ0) is 8.97. The Bertz CT molecular complexity index is 246. The minimum atomic E-state index is 0.179. The molecule has 66 valence electrons. The van der Waals surface area contributed by atoms with Gasteiger partial charge in [0, 0.05) is 24.0 Å². The van der Waals surface area contributed by atoms with Gasteiger partial charge >= 0.3 is 0 Å². The van der Waals surface area contributed by atoms with Gasteiger partial charge in [-0.05, 0) is 11.6 Å². The van der Waals surface area contributed by atoms with Gasteiger partial charge in [-0.25, -0.2) is 0 Å². The van der Waals surface area contributed by atoms with Crippen LogP contribution >= 0.6 is 11.6 Å². The van der Waals surface area contributed by atoms with Gasteiger partial charge in [0.1, 0.15) is 0 Å². The topological polar surface area (TPSA) is 52.0 Å². The lowest BCUT2D eigenvalue weighted by atomic mass is 10.00. The average molecular weight is 185 g/mol. The number of benzene rings is 1. The van der Waals surface area contributed by atoms with Crippen LogP contribution in [0, 0.1) is 0 Å². The van der Waals surface area contributed by atoms with Crippen molar-refractivity contribution < 1.29 is 0 Å². The van der Waals surface area contributed by atoms with Crippen molar-refractivity contribution in [3.05, 3.63) is 34.9 Å². The van der Waals surface area contributed by atoms with Crippen molar-refractivity contribution in [2.45, 2.75) is 5.92 Å². The zero-order valence-corrected chi connectivity index (χ0v) is 7.59. The van der Waals surface area contributed by atoms with Gasteiger partial charge in [0.25, 0.3) is 0 Å². The average Bonchev–Trinajstić information content (AvgIpc) is 2.10.